The molecule has 0 N–H and O–H groups in total. The van der Waals surface area contributed by atoms with E-state index in [4.69, 9.17) is 13.7 Å². The molecule has 0 spiro atoms. The third-order valence-electron chi connectivity index (χ3n) is 4.16. The summed E-state index contributed by atoms with van der Waals surface area (Å²) < 4.78 is 17.8. The van der Waals surface area contributed by atoms with Crippen LogP contribution in [-0.4, -0.2) is 28.8 Å². The van der Waals surface area contributed by atoms with Crippen molar-refractivity contribution < 1.29 is 13.7 Å². The van der Waals surface area contributed by atoms with Crippen molar-refractivity contribution in [3.05, 3.63) is 35.9 Å². The molecule has 104 valence electrons. The van der Waals surface area contributed by atoms with Gasteiger partial charge in [-0.25, -0.2) is 0 Å². The Hall–Kier alpha value is -0.618. The van der Waals surface area contributed by atoms with Gasteiger partial charge < -0.3 is 13.7 Å². The molecule has 1 aliphatic rings. The normalized spacial score (nSPS) is 22.6. The van der Waals surface area contributed by atoms with E-state index < -0.39 is 0 Å². The molecule has 0 amide bonds. The van der Waals surface area contributed by atoms with Gasteiger partial charge in [0.2, 0.25) is 0 Å². The average Bonchev–Trinajstić information content (AvgIpc) is 2.56. The molecule has 1 heterocycles. The molecular weight excluding hydrogens is 255 g/mol. The van der Waals surface area contributed by atoms with Crippen LogP contribution in [0.5, 0.6) is 0 Å². The maximum atomic E-state index is 6.03. The van der Waals surface area contributed by atoms with Crippen molar-refractivity contribution in [2.45, 2.75) is 51.3 Å². The molecule has 19 heavy (non-hydrogen) atoms. The monoisotopic (exact) mass is 278 g/mol. The number of rotatable bonds is 4. The average molecular weight is 278 g/mol. The molecule has 1 fully saturated rings. The molecule has 1 atom stereocenters. The van der Waals surface area contributed by atoms with Crippen molar-refractivity contribution in [1.82, 2.24) is 0 Å². The highest BCUT2D eigenvalue weighted by atomic mass is 28.2. The van der Waals surface area contributed by atoms with E-state index in [0.717, 1.165) is 6.32 Å². The quantitative estimate of drug-likeness (QED) is 0.790. The Bertz CT molecular complexity index is 406. The van der Waals surface area contributed by atoms with E-state index in [2.05, 4.69) is 39.8 Å². The van der Waals surface area contributed by atoms with Gasteiger partial charge in [0.25, 0.3) is 0 Å². The van der Waals surface area contributed by atoms with Crippen LogP contribution in [-0.2, 0) is 13.7 Å². The molecule has 0 bridgehead atoms. The molecule has 0 aliphatic carbocycles. The van der Waals surface area contributed by atoms with Crippen LogP contribution < -0.4 is 0 Å². The minimum atomic E-state index is -0.274. The van der Waals surface area contributed by atoms with Crippen molar-refractivity contribution in [3.63, 3.8) is 0 Å². The summed E-state index contributed by atoms with van der Waals surface area (Å²) in [6.07, 6.45) is 0.794. The van der Waals surface area contributed by atoms with E-state index in [-0.39, 0.29) is 24.4 Å². The number of hydrogen-bond donors (Lipinski definition) is 0. The van der Waals surface area contributed by atoms with Gasteiger partial charge in [0.15, 0.2) is 0 Å². The Kier molecular flexibility index (Phi) is 4.20. The second-order valence-electron chi connectivity index (χ2n) is 6.06. The minimum Gasteiger partial charge on any atom is -0.422 e. The van der Waals surface area contributed by atoms with Gasteiger partial charge in [0.1, 0.15) is 10.5 Å². The molecule has 0 aromatic heterocycles. The highest BCUT2D eigenvalue weighted by Crippen LogP contribution is 2.39. The minimum absolute atomic E-state index is 0.0579. The summed E-state index contributed by atoms with van der Waals surface area (Å²) in [4.78, 5) is 0. The van der Waals surface area contributed by atoms with Gasteiger partial charge in [-0.3, -0.25) is 0 Å². The first kappa shape index (κ1) is 14.8. The summed E-state index contributed by atoms with van der Waals surface area (Å²) in [5, 5.41) is 0. The Morgan fingerprint density at radius 1 is 1.11 bits per heavy atom. The molecule has 3 nitrogen and oxygen atoms in total. The predicted molar refractivity (Wildman–Crippen MR) is 81.1 cm³/mol. The highest BCUT2D eigenvalue weighted by molar-refractivity contribution is 6.45. The van der Waals surface area contributed by atoms with Crippen LogP contribution in [0.3, 0.4) is 0 Å². The molecule has 1 aromatic rings. The predicted octanol–water partition coefficient (Wildman–Crippen LogP) is 2.12. The van der Waals surface area contributed by atoms with Crippen LogP contribution in [0.1, 0.15) is 39.4 Å². The lowest BCUT2D eigenvalue weighted by Crippen LogP contribution is -2.41. The lowest BCUT2D eigenvalue weighted by Gasteiger charge is -2.32. The van der Waals surface area contributed by atoms with E-state index in [1.807, 2.05) is 18.2 Å². The third-order valence-corrected chi connectivity index (χ3v) is 4.73. The van der Waals surface area contributed by atoms with Gasteiger partial charge in [-0.2, -0.15) is 0 Å². The van der Waals surface area contributed by atoms with Crippen LogP contribution in [0.2, 0.25) is 6.32 Å². The summed E-state index contributed by atoms with van der Waals surface area (Å²) in [5.41, 5.74) is 0.640. The number of hydrogen-bond acceptors (Lipinski definition) is 3. The maximum Gasteiger partial charge on any atom is 0.460 e. The summed E-state index contributed by atoms with van der Waals surface area (Å²) in [5.74, 6) is 0. The lowest BCUT2D eigenvalue weighted by molar-refractivity contribution is 0.00578. The van der Waals surface area contributed by atoms with Crippen molar-refractivity contribution >= 4 is 17.6 Å². The van der Waals surface area contributed by atoms with E-state index >= 15 is 0 Å². The Labute approximate surface area is 119 Å². The van der Waals surface area contributed by atoms with Gasteiger partial charge in [0.05, 0.1) is 17.3 Å². The zero-order chi connectivity index (χ0) is 14.1. The molecular formula is C14H23BO3Si. The molecule has 1 unspecified atom stereocenters. The topological polar surface area (TPSA) is 27.7 Å². The first-order chi connectivity index (χ1) is 8.86. The highest BCUT2D eigenvalue weighted by Gasteiger charge is 2.51. The van der Waals surface area contributed by atoms with Crippen LogP contribution in [0.15, 0.2) is 30.3 Å². The molecule has 0 radical (unpaired) electrons. The maximum absolute atomic E-state index is 6.03. The van der Waals surface area contributed by atoms with Crippen LogP contribution in [0.4, 0.5) is 0 Å². The first-order valence-corrected chi connectivity index (χ1v) is 7.61. The fourth-order valence-corrected chi connectivity index (χ4v) is 2.74. The molecule has 1 aliphatic heterocycles. The standard InChI is InChI=1S/C14H23BO3Si/c1-13(2)14(3,4)18-15(17-13)10-12(16-19)11-8-6-5-7-9-11/h5-9,12H,10H2,1-4,19H3. The smallest absolute Gasteiger partial charge is 0.422 e. The van der Waals surface area contributed by atoms with Gasteiger partial charge in [-0.15, -0.1) is 0 Å². The Morgan fingerprint density at radius 3 is 2.11 bits per heavy atom. The number of benzene rings is 1. The van der Waals surface area contributed by atoms with Gasteiger partial charge >= 0.3 is 7.12 Å². The largest absolute Gasteiger partial charge is 0.460 e. The second-order valence-corrected chi connectivity index (χ2v) is 6.53. The SMILES string of the molecule is CC1(C)OB(CC(O[SiH3])c2ccccc2)OC1(C)C. The van der Waals surface area contributed by atoms with Crippen molar-refractivity contribution in [2.24, 2.45) is 0 Å². The van der Waals surface area contributed by atoms with Crippen LogP contribution >= 0.6 is 0 Å². The first-order valence-electron chi connectivity index (χ1n) is 6.79. The fraction of sp³-hybridized carbons (Fsp3) is 0.571. The zero-order valence-corrected chi connectivity index (χ0v) is 14.5. The van der Waals surface area contributed by atoms with Gasteiger partial charge in [0, 0.05) is 6.32 Å². The molecule has 5 heteroatoms. The summed E-state index contributed by atoms with van der Waals surface area (Å²) in [6, 6.07) is 10.3. The van der Waals surface area contributed by atoms with E-state index in [9.17, 15) is 0 Å². The van der Waals surface area contributed by atoms with Crippen molar-refractivity contribution in [1.29, 1.82) is 0 Å². The Balaban J connectivity index is 2.06. The molecule has 2 rings (SSSR count). The van der Waals surface area contributed by atoms with Gasteiger partial charge in [-0.05, 0) is 33.3 Å². The van der Waals surface area contributed by atoms with E-state index in [1.54, 1.807) is 0 Å². The summed E-state index contributed by atoms with van der Waals surface area (Å²) >= 11 is 0. The van der Waals surface area contributed by atoms with Crippen molar-refractivity contribution in [2.75, 3.05) is 0 Å². The van der Waals surface area contributed by atoms with Crippen LogP contribution in [0, 0.1) is 0 Å². The molecule has 1 saturated heterocycles. The Morgan fingerprint density at radius 2 is 1.63 bits per heavy atom. The van der Waals surface area contributed by atoms with E-state index in [0.29, 0.717) is 10.5 Å². The fourth-order valence-electron chi connectivity index (χ4n) is 2.27. The second kappa shape index (κ2) is 5.40. The molecule has 1 aromatic carbocycles. The molecule has 0 saturated carbocycles. The lowest BCUT2D eigenvalue weighted by atomic mass is 9.80. The van der Waals surface area contributed by atoms with Gasteiger partial charge in [-0.1, -0.05) is 30.3 Å². The van der Waals surface area contributed by atoms with Crippen LogP contribution in [0.25, 0.3) is 0 Å². The van der Waals surface area contributed by atoms with E-state index in [1.165, 1.54) is 5.56 Å². The summed E-state index contributed by atoms with van der Waals surface area (Å²) in [6.45, 7) is 8.30. The summed E-state index contributed by atoms with van der Waals surface area (Å²) in [7, 11) is 0.498. The van der Waals surface area contributed by atoms with Crippen molar-refractivity contribution in [3.8, 4) is 0 Å². The zero-order valence-electron chi connectivity index (χ0n) is 12.5. The third kappa shape index (κ3) is 3.11.